The van der Waals surface area contributed by atoms with Gasteiger partial charge in [0.1, 0.15) is 18.1 Å². The number of amides is 2. The molecule has 3 aromatic rings. The Labute approximate surface area is 171 Å². The van der Waals surface area contributed by atoms with Crippen LogP contribution in [0, 0.1) is 5.82 Å². The maximum atomic E-state index is 13.1. The van der Waals surface area contributed by atoms with Gasteiger partial charge in [-0.15, -0.1) is 0 Å². The number of aromatic nitrogens is 2. The molecule has 1 aromatic heterocycles. The van der Waals surface area contributed by atoms with E-state index in [1.54, 1.807) is 36.7 Å². The Morgan fingerprint density at radius 2 is 2.00 bits per heavy atom. The van der Waals surface area contributed by atoms with Crippen LogP contribution in [0.3, 0.4) is 0 Å². The second kappa shape index (κ2) is 9.70. The van der Waals surface area contributed by atoms with Crippen molar-refractivity contribution in [1.29, 1.82) is 0 Å². The number of hydrogen-bond acceptors (Lipinski definition) is 4. The van der Waals surface area contributed by atoms with Gasteiger partial charge in [-0.25, -0.2) is 4.39 Å². The quantitative estimate of drug-likeness (QED) is 0.591. The summed E-state index contributed by atoms with van der Waals surface area (Å²) in [6.07, 6.45) is 3.30. The minimum Gasteiger partial charge on any atom is -0.484 e. The summed E-state index contributed by atoms with van der Waals surface area (Å²) in [5, 5.41) is 9.41. The van der Waals surface area contributed by atoms with Crippen molar-refractivity contribution in [2.24, 2.45) is 0 Å². The van der Waals surface area contributed by atoms with Crippen LogP contribution in [-0.2, 0) is 22.7 Å². The van der Waals surface area contributed by atoms with Gasteiger partial charge < -0.3 is 15.4 Å². The predicted molar refractivity (Wildman–Crippen MR) is 106 cm³/mol. The van der Waals surface area contributed by atoms with Crippen LogP contribution in [0.2, 0.25) is 5.02 Å². The summed E-state index contributed by atoms with van der Waals surface area (Å²) in [6, 6.07) is 12.7. The van der Waals surface area contributed by atoms with E-state index in [9.17, 15) is 14.0 Å². The smallest absolute Gasteiger partial charge is 0.258 e. The van der Waals surface area contributed by atoms with Crippen LogP contribution in [0.1, 0.15) is 5.56 Å². The van der Waals surface area contributed by atoms with E-state index in [-0.39, 0.29) is 36.5 Å². The topological polar surface area (TPSA) is 85.3 Å². The molecule has 0 saturated heterocycles. The van der Waals surface area contributed by atoms with E-state index < -0.39 is 5.82 Å². The largest absolute Gasteiger partial charge is 0.484 e. The first-order valence-electron chi connectivity index (χ1n) is 8.70. The van der Waals surface area contributed by atoms with Gasteiger partial charge in [-0.3, -0.25) is 14.3 Å². The number of benzene rings is 2. The van der Waals surface area contributed by atoms with E-state index in [2.05, 4.69) is 15.7 Å². The van der Waals surface area contributed by atoms with Crippen LogP contribution in [0.5, 0.6) is 5.75 Å². The molecule has 0 spiro atoms. The van der Waals surface area contributed by atoms with Crippen LogP contribution in [-0.4, -0.2) is 28.2 Å². The Kier molecular flexibility index (Phi) is 6.80. The third-order valence-electron chi connectivity index (χ3n) is 3.83. The number of rotatable bonds is 8. The summed E-state index contributed by atoms with van der Waals surface area (Å²) in [4.78, 5) is 24.0. The minimum atomic E-state index is -0.555. The van der Waals surface area contributed by atoms with Crippen molar-refractivity contribution in [3.63, 3.8) is 0 Å². The van der Waals surface area contributed by atoms with Crippen molar-refractivity contribution in [2.75, 3.05) is 11.9 Å². The van der Waals surface area contributed by atoms with Crippen molar-refractivity contribution in [3.05, 3.63) is 77.3 Å². The first-order chi connectivity index (χ1) is 14.0. The van der Waals surface area contributed by atoms with Gasteiger partial charge in [0.15, 0.2) is 6.61 Å². The van der Waals surface area contributed by atoms with Gasteiger partial charge in [0, 0.05) is 30.7 Å². The summed E-state index contributed by atoms with van der Waals surface area (Å²) in [7, 11) is 0. The van der Waals surface area contributed by atoms with Crippen LogP contribution in [0.4, 0.5) is 10.1 Å². The summed E-state index contributed by atoms with van der Waals surface area (Å²) >= 11 is 5.67. The Hall–Kier alpha value is -3.39. The van der Waals surface area contributed by atoms with Crippen molar-refractivity contribution in [1.82, 2.24) is 15.1 Å². The number of anilines is 1. The molecule has 0 aliphatic rings. The summed E-state index contributed by atoms with van der Waals surface area (Å²) in [6.45, 7) is 0.135. The molecule has 0 radical (unpaired) electrons. The van der Waals surface area contributed by atoms with Crippen molar-refractivity contribution < 1.29 is 18.7 Å². The van der Waals surface area contributed by atoms with Gasteiger partial charge in [-0.1, -0.05) is 23.7 Å². The molecule has 9 heteroatoms. The molecule has 0 aliphatic carbocycles. The highest BCUT2D eigenvalue weighted by Gasteiger charge is 2.07. The van der Waals surface area contributed by atoms with E-state index in [1.165, 1.54) is 22.9 Å². The van der Waals surface area contributed by atoms with E-state index in [0.717, 1.165) is 5.56 Å². The molecule has 150 valence electrons. The first-order valence-corrected chi connectivity index (χ1v) is 9.08. The fraction of sp³-hybridized carbons (Fsp3) is 0.150. The van der Waals surface area contributed by atoms with Gasteiger partial charge in [-0.2, -0.15) is 5.10 Å². The highest BCUT2D eigenvalue weighted by atomic mass is 35.5. The standard InChI is InChI=1S/C20H18ClFN4O3/c21-17-10-16(5-6-18(17)22)29-13-20(28)23-11-14-3-1-4-15(9-14)25-19(27)12-26-8-2-7-24-26/h1-10H,11-13H2,(H,23,28)(H,25,27). The molecule has 2 N–H and O–H groups in total. The fourth-order valence-corrected chi connectivity index (χ4v) is 2.64. The number of carbonyl (C=O) groups excluding carboxylic acids is 2. The molecule has 0 atom stereocenters. The summed E-state index contributed by atoms with van der Waals surface area (Å²) < 4.78 is 19.9. The third-order valence-corrected chi connectivity index (χ3v) is 4.12. The Morgan fingerprint density at radius 1 is 1.14 bits per heavy atom. The lowest BCUT2D eigenvalue weighted by Crippen LogP contribution is -2.28. The van der Waals surface area contributed by atoms with Crippen LogP contribution >= 0.6 is 11.6 Å². The van der Waals surface area contributed by atoms with Gasteiger partial charge in [0.2, 0.25) is 5.91 Å². The number of carbonyl (C=O) groups is 2. The Balaban J connectivity index is 1.46. The number of halogens is 2. The highest BCUT2D eigenvalue weighted by molar-refractivity contribution is 6.30. The van der Waals surface area contributed by atoms with Gasteiger partial charge >= 0.3 is 0 Å². The first kappa shape index (κ1) is 20.3. The Morgan fingerprint density at radius 3 is 2.76 bits per heavy atom. The number of nitrogens with zero attached hydrogens (tertiary/aromatic N) is 2. The maximum absolute atomic E-state index is 13.1. The highest BCUT2D eigenvalue weighted by Crippen LogP contribution is 2.20. The summed E-state index contributed by atoms with van der Waals surface area (Å²) in [5.41, 5.74) is 1.42. The zero-order chi connectivity index (χ0) is 20.6. The molecule has 1 heterocycles. The zero-order valence-electron chi connectivity index (χ0n) is 15.3. The number of hydrogen-bond donors (Lipinski definition) is 2. The van der Waals surface area contributed by atoms with Crippen molar-refractivity contribution >= 4 is 29.1 Å². The van der Waals surface area contributed by atoms with Crippen LogP contribution < -0.4 is 15.4 Å². The maximum Gasteiger partial charge on any atom is 0.258 e. The minimum absolute atomic E-state index is 0.0747. The molecule has 7 nitrogen and oxygen atoms in total. The SMILES string of the molecule is O=C(COc1ccc(F)c(Cl)c1)NCc1cccc(NC(=O)Cn2cccn2)c1. The number of ether oxygens (including phenoxy) is 1. The molecule has 0 aliphatic heterocycles. The van der Waals surface area contributed by atoms with Gasteiger partial charge in [0.25, 0.3) is 5.91 Å². The van der Waals surface area contributed by atoms with Gasteiger partial charge in [-0.05, 0) is 35.9 Å². The predicted octanol–water partition coefficient (Wildman–Crippen LogP) is 3.01. The molecule has 3 rings (SSSR count). The lowest BCUT2D eigenvalue weighted by atomic mass is 10.2. The molecule has 2 aromatic carbocycles. The Bertz CT molecular complexity index is 995. The molecular weight excluding hydrogens is 399 g/mol. The average molecular weight is 417 g/mol. The lowest BCUT2D eigenvalue weighted by molar-refractivity contribution is -0.123. The average Bonchev–Trinajstić information content (AvgIpc) is 3.20. The summed E-state index contributed by atoms with van der Waals surface area (Å²) in [5.74, 6) is -0.812. The van der Waals surface area contributed by atoms with E-state index >= 15 is 0 Å². The molecular formula is C20H18ClFN4O3. The van der Waals surface area contributed by atoms with Gasteiger partial charge in [0.05, 0.1) is 5.02 Å². The third kappa shape index (κ3) is 6.32. The number of nitrogens with one attached hydrogen (secondary N) is 2. The van der Waals surface area contributed by atoms with E-state index in [1.807, 2.05) is 6.07 Å². The molecule has 0 fully saturated rings. The zero-order valence-corrected chi connectivity index (χ0v) is 16.0. The molecule has 2 amide bonds. The normalized spacial score (nSPS) is 10.4. The molecule has 0 bridgehead atoms. The monoisotopic (exact) mass is 416 g/mol. The lowest BCUT2D eigenvalue weighted by Gasteiger charge is -2.10. The van der Waals surface area contributed by atoms with Crippen LogP contribution in [0.15, 0.2) is 60.9 Å². The second-order valence-corrected chi connectivity index (χ2v) is 6.50. The van der Waals surface area contributed by atoms with E-state index in [4.69, 9.17) is 16.3 Å². The van der Waals surface area contributed by atoms with Crippen molar-refractivity contribution in [2.45, 2.75) is 13.1 Å². The van der Waals surface area contributed by atoms with E-state index in [0.29, 0.717) is 11.4 Å². The van der Waals surface area contributed by atoms with Crippen molar-refractivity contribution in [3.8, 4) is 5.75 Å². The second-order valence-electron chi connectivity index (χ2n) is 6.09. The fourth-order valence-electron chi connectivity index (χ4n) is 2.47. The molecule has 0 unspecified atom stereocenters. The molecule has 0 saturated carbocycles. The van der Waals surface area contributed by atoms with Crippen LogP contribution in [0.25, 0.3) is 0 Å². The molecule has 29 heavy (non-hydrogen) atoms.